The highest BCUT2D eigenvalue weighted by Gasteiger charge is 2.23. The Morgan fingerprint density at radius 1 is 0.351 bits per heavy atom. The van der Waals surface area contributed by atoms with Crippen molar-refractivity contribution in [3.63, 3.8) is 0 Å². The van der Waals surface area contributed by atoms with Crippen molar-refractivity contribution < 1.29 is 4.42 Å². The van der Waals surface area contributed by atoms with Crippen LogP contribution in [0.15, 0.2) is 223 Å². The number of fused-ring (bicyclic) bond motifs is 6. The second-order valence-electron chi connectivity index (χ2n) is 14.5. The Balaban J connectivity index is 1.15. The maximum Gasteiger partial charge on any atom is 0.137 e. The van der Waals surface area contributed by atoms with Crippen LogP contribution in [0.3, 0.4) is 0 Å². The van der Waals surface area contributed by atoms with Crippen LogP contribution in [0.4, 0.5) is 17.1 Å². The van der Waals surface area contributed by atoms with Gasteiger partial charge in [0.25, 0.3) is 0 Å². The third kappa shape index (κ3) is 5.51. The maximum absolute atomic E-state index is 6.48. The lowest BCUT2D eigenvalue weighted by Gasteiger charge is -2.29. The van der Waals surface area contributed by atoms with Crippen molar-refractivity contribution in [1.29, 1.82) is 0 Å². The molecule has 268 valence electrons. The van der Waals surface area contributed by atoms with E-state index in [9.17, 15) is 0 Å². The van der Waals surface area contributed by atoms with Gasteiger partial charge >= 0.3 is 0 Å². The van der Waals surface area contributed by atoms with Crippen LogP contribution in [0.5, 0.6) is 0 Å². The molecule has 3 nitrogen and oxygen atoms in total. The minimum absolute atomic E-state index is 0.859. The smallest absolute Gasteiger partial charge is 0.137 e. The Morgan fingerprint density at radius 3 is 1.74 bits per heavy atom. The van der Waals surface area contributed by atoms with Crippen molar-refractivity contribution in [2.75, 3.05) is 4.90 Å². The molecule has 0 spiro atoms. The fraction of sp³-hybridized carbons (Fsp3) is 0. The first-order valence-electron chi connectivity index (χ1n) is 19.4. The number of nitrogens with zero attached hydrogens (tertiary/aromatic N) is 2. The lowest BCUT2D eigenvalue weighted by molar-refractivity contribution is 0.669. The molecule has 11 rings (SSSR count). The van der Waals surface area contributed by atoms with Gasteiger partial charge in [-0.05, 0) is 88.5 Å². The summed E-state index contributed by atoms with van der Waals surface area (Å²) in [5, 5.41) is 4.66. The normalized spacial score (nSPS) is 11.5. The summed E-state index contributed by atoms with van der Waals surface area (Å²) in [6, 6.07) is 78.1. The third-order valence-electron chi connectivity index (χ3n) is 11.2. The first kappa shape index (κ1) is 32.8. The van der Waals surface area contributed by atoms with Crippen molar-refractivity contribution >= 4 is 60.8 Å². The Bertz CT molecular complexity index is 3220. The van der Waals surface area contributed by atoms with Crippen molar-refractivity contribution in [2.24, 2.45) is 0 Å². The second-order valence-corrected chi connectivity index (χ2v) is 14.5. The van der Waals surface area contributed by atoms with E-state index in [1.54, 1.807) is 0 Å². The van der Waals surface area contributed by atoms with E-state index >= 15 is 0 Å². The summed E-state index contributed by atoms with van der Waals surface area (Å²) in [7, 11) is 0. The molecule has 0 saturated heterocycles. The summed E-state index contributed by atoms with van der Waals surface area (Å²) in [5.74, 6) is 0. The van der Waals surface area contributed by atoms with Crippen molar-refractivity contribution in [2.45, 2.75) is 0 Å². The van der Waals surface area contributed by atoms with Crippen molar-refractivity contribution in [3.05, 3.63) is 218 Å². The molecule has 0 radical (unpaired) electrons. The molecule has 0 fully saturated rings. The minimum Gasteiger partial charge on any atom is -0.456 e. The summed E-state index contributed by atoms with van der Waals surface area (Å²) in [4.78, 5) is 2.42. The van der Waals surface area contributed by atoms with Gasteiger partial charge < -0.3 is 13.9 Å². The average Bonchev–Trinajstić information content (AvgIpc) is 3.84. The van der Waals surface area contributed by atoms with Gasteiger partial charge in [0.2, 0.25) is 0 Å². The largest absolute Gasteiger partial charge is 0.456 e. The van der Waals surface area contributed by atoms with Crippen LogP contribution in [0.2, 0.25) is 0 Å². The zero-order valence-corrected chi connectivity index (χ0v) is 31.1. The van der Waals surface area contributed by atoms with Crippen LogP contribution in [-0.2, 0) is 0 Å². The molecule has 0 N–H and O–H groups in total. The molecule has 0 aliphatic heterocycles. The molecule has 3 heteroatoms. The van der Waals surface area contributed by atoms with Crippen LogP contribution in [0.1, 0.15) is 0 Å². The third-order valence-corrected chi connectivity index (χ3v) is 11.2. The summed E-state index contributed by atoms with van der Waals surface area (Å²) in [6.07, 6.45) is 0. The van der Waals surface area contributed by atoms with Crippen LogP contribution < -0.4 is 4.90 Å². The molecule has 9 aromatic carbocycles. The molecule has 0 amide bonds. The van der Waals surface area contributed by atoms with E-state index in [4.69, 9.17) is 4.42 Å². The molecule has 0 aliphatic rings. The first-order chi connectivity index (χ1) is 28.3. The molecule has 0 bridgehead atoms. The van der Waals surface area contributed by atoms with E-state index in [2.05, 4.69) is 222 Å². The monoisotopic (exact) mass is 728 g/mol. The summed E-state index contributed by atoms with van der Waals surface area (Å²) in [6.45, 7) is 0. The zero-order valence-electron chi connectivity index (χ0n) is 31.1. The van der Waals surface area contributed by atoms with Crippen LogP contribution in [0, 0.1) is 0 Å². The molecule has 2 aromatic heterocycles. The molecular weight excluding hydrogens is 693 g/mol. The fourth-order valence-corrected chi connectivity index (χ4v) is 8.64. The van der Waals surface area contributed by atoms with Gasteiger partial charge in [-0.1, -0.05) is 158 Å². The van der Waals surface area contributed by atoms with Gasteiger partial charge in [-0.25, -0.2) is 0 Å². The highest BCUT2D eigenvalue weighted by Crippen LogP contribution is 2.48. The summed E-state index contributed by atoms with van der Waals surface area (Å²) in [5.41, 5.74) is 15.4. The number of hydrogen-bond donors (Lipinski definition) is 0. The van der Waals surface area contributed by atoms with Gasteiger partial charge in [0, 0.05) is 33.1 Å². The van der Waals surface area contributed by atoms with E-state index in [0.29, 0.717) is 0 Å². The average molecular weight is 729 g/mol. The zero-order chi connectivity index (χ0) is 37.7. The highest BCUT2D eigenvalue weighted by molar-refractivity contribution is 6.16. The van der Waals surface area contributed by atoms with Gasteiger partial charge in [0.15, 0.2) is 0 Å². The number of anilines is 3. The first-order valence-corrected chi connectivity index (χ1v) is 19.4. The van der Waals surface area contributed by atoms with Crippen molar-refractivity contribution in [1.82, 2.24) is 4.57 Å². The summed E-state index contributed by atoms with van der Waals surface area (Å²) < 4.78 is 8.86. The highest BCUT2D eigenvalue weighted by atomic mass is 16.3. The molecule has 0 saturated carbocycles. The van der Waals surface area contributed by atoms with Crippen molar-refractivity contribution in [3.8, 4) is 39.1 Å². The van der Waals surface area contributed by atoms with Gasteiger partial charge in [-0.2, -0.15) is 0 Å². The number of benzene rings is 9. The van der Waals surface area contributed by atoms with Crippen LogP contribution >= 0.6 is 0 Å². The Labute approximate surface area is 330 Å². The minimum atomic E-state index is 0.859. The maximum atomic E-state index is 6.48. The molecular formula is C54H36N2O. The quantitative estimate of drug-likeness (QED) is 0.163. The molecule has 0 aliphatic carbocycles. The molecule has 11 aromatic rings. The van der Waals surface area contributed by atoms with E-state index in [0.717, 1.165) is 66.9 Å². The van der Waals surface area contributed by atoms with E-state index in [-0.39, 0.29) is 0 Å². The van der Waals surface area contributed by atoms with E-state index < -0.39 is 0 Å². The predicted octanol–water partition coefficient (Wildman–Crippen LogP) is 15.2. The predicted molar refractivity (Wildman–Crippen MR) is 239 cm³/mol. The van der Waals surface area contributed by atoms with Gasteiger partial charge in [-0.3, -0.25) is 0 Å². The number of hydrogen-bond acceptors (Lipinski definition) is 2. The second kappa shape index (κ2) is 13.6. The Kier molecular flexibility index (Phi) is 7.82. The number of furan rings is 1. The van der Waals surface area contributed by atoms with Gasteiger partial charge in [-0.15, -0.1) is 0 Å². The van der Waals surface area contributed by atoms with Crippen LogP contribution in [0.25, 0.3) is 82.8 Å². The van der Waals surface area contributed by atoms with E-state index in [1.165, 1.54) is 32.9 Å². The Hall–Kier alpha value is -7.62. The fourth-order valence-electron chi connectivity index (χ4n) is 8.64. The van der Waals surface area contributed by atoms with Crippen LogP contribution in [-0.4, -0.2) is 4.57 Å². The lowest BCUT2D eigenvalue weighted by Crippen LogP contribution is -2.12. The topological polar surface area (TPSA) is 21.3 Å². The molecule has 0 atom stereocenters. The summed E-state index contributed by atoms with van der Waals surface area (Å²) >= 11 is 0. The SMILES string of the molecule is c1ccc(-c2ccc(-c3ccccc3)c(N(c3ccc(-c4cccc5c4c4ccccc4n5-c4ccccc4)cc3)c3cccc4oc5ccccc5c34)c2)cc1. The number of aromatic nitrogens is 1. The Morgan fingerprint density at radius 2 is 0.947 bits per heavy atom. The lowest BCUT2D eigenvalue weighted by atomic mass is 9.96. The van der Waals surface area contributed by atoms with E-state index in [1.807, 2.05) is 6.07 Å². The molecule has 0 unspecified atom stereocenters. The number of rotatable bonds is 7. The van der Waals surface area contributed by atoms with Gasteiger partial charge in [0.1, 0.15) is 11.2 Å². The molecule has 57 heavy (non-hydrogen) atoms. The number of para-hydroxylation sites is 3. The molecule has 2 heterocycles. The standard InChI is InChI=1S/C54H36N2O/c1-4-16-37(17-5-1)40-32-35-43(38-18-6-2-7-19-38)50(36-40)56(49-27-15-29-52-54(49)46-23-11-13-28-51(46)57-52)42-33-30-39(31-34-42)44-24-14-26-48-53(44)45-22-10-12-25-47(45)55(48)41-20-8-3-9-21-41/h1-36H. The van der Waals surface area contributed by atoms with Gasteiger partial charge in [0.05, 0.1) is 27.8 Å².